The van der Waals surface area contributed by atoms with Crippen molar-refractivity contribution in [1.82, 2.24) is 6.15 Å². The monoisotopic (exact) mass is 464 g/mol. The fraction of sp³-hybridized carbons (Fsp3) is 0.950. The van der Waals surface area contributed by atoms with Crippen LogP contribution in [0.5, 0.6) is 0 Å². The Labute approximate surface area is 184 Å². The summed E-state index contributed by atoms with van der Waals surface area (Å²) in [7, 11) is -3.89. The highest BCUT2D eigenvalue weighted by Crippen LogP contribution is 2.11. The van der Waals surface area contributed by atoms with Crippen LogP contribution >= 0.6 is 0 Å². The molecule has 0 rings (SSSR count). The third-order valence-electron chi connectivity index (χ3n) is 3.05. The molecule has 0 heterocycles. The Morgan fingerprint density at radius 2 is 1.03 bits per heavy atom. The van der Waals surface area contributed by atoms with Gasteiger partial charge in [-0.1, -0.05) is 58.3 Å². The lowest BCUT2D eigenvalue weighted by Crippen LogP contribution is -2.17. The molecule has 0 unspecified atom stereocenters. The Morgan fingerprint density at radius 3 is 1.37 bits per heavy atom. The number of hydrogen-bond donors (Lipinski definition) is 5. The molecule has 0 amide bonds. The van der Waals surface area contributed by atoms with Crippen LogP contribution < -0.4 is 6.15 Å². The lowest BCUT2D eigenvalue weighted by molar-refractivity contribution is -0.133. The molecule has 0 radical (unpaired) electrons. The van der Waals surface area contributed by atoms with Gasteiger partial charge in [-0.25, -0.2) is 0 Å². The Balaban J connectivity index is -0.000000177. The summed E-state index contributed by atoms with van der Waals surface area (Å²) in [6.07, 6.45) is 10.3. The molecule has 10 heteroatoms. The van der Waals surface area contributed by atoms with Crippen molar-refractivity contribution in [3.8, 4) is 0 Å². The summed E-state index contributed by atoms with van der Waals surface area (Å²) >= 11 is 0. The van der Waals surface area contributed by atoms with Crippen LogP contribution in [0.4, 0.5) is 0 Å². The number of carbonyl (C=O) groups excluding carboxylic acids is 1. The number of quaternary nitrogens is 1. The molecular formula is C20H50NO8S+. The van der Waals surface area contributed by atoms with Crippen LogP contribution in [0.2, 0.25) is 0 Å². The number of aliphatic hydroxyl groups excluding tert-OH is 4. The molecule has 0 bridgehead atoms. The predicted molar refractivity (Wildman–Crippen MR) is 123 cm³/mol. The van der Waals surface area contributed by atoms with Gasteiger partial charge in [0.25, 0.3) is 0 Å². The quantitative estimate of drug-likeness (QED) is 0.204. The molecule has 9 nitrogen and oxygen atoms in total. The van der Waals surface area contributed by atoms with Gasteiger partial charge in [-0.05, 0) is 27.2 Å². The normalized spacial score (nSPS) is 9.47. The predicted octanol–water partition coefficient (Wildman–Crippen LogP) is 3.14. The molecule has 0 saturated carbocycles. The van der Waals surface area contributed by atoms with Crippen molar-refractivity contribution in [2.45, 2.75) is 91.9 Å². The first-order chi connectivity index (χ1) is 13.8. The van der Waals surface area contributed by atoms with Crippen LogP contribution in [0.3, 0.4) is 0 Å². The minimum Gasteiger partial charge on any atom is -0.397 e. The zero-order valence-electron chi connectivity index (χ0n) is 19.9. The van der Waals surface area contributed by atoms with Crippen LogP contribution in [0.25, 0.3) is 0 Å². The molecule has 0 aromatic carbocycles. The van der Waals surface area contributed by atoms with Gasteiger partial charge in [0.2, 0.25) is 0 Å². The largest absolute Gasteiger partial charge is 0.397 e. The summed E-state index contributed by atoms with van der Waals surface area (Å²) in [5.41, 5.74) is 0. The Morgan fingerprint density at radius 1 is 0.700 bits per heavy atom. The van der Waals surface area contributed by atoms with Gasteiger partial charge >= 0.3 is 16.1 Å². The molecule has 30 heavy (non-hydrogen) atoms. The van der Waals surface area contributed by atoms with Crippen molar-refractivity contribution in [2.24, 2.45) is 0 Å². The lowest BCUT2D eigenvalue weighted by atomic mass is 10.1. The second-order valence-corrected chi connectivity index (χ2v) is 7.66. The minimum atomic E-state index is -3.89. The van der Waals surface area contributed by atoms with Crippen LogP contribution in [-0.2, 0) is 19.1 Å². The van der Waals surface area contributed by atoms with Crippen molar-refractivity contribution in [1.29, 1.82) is 0 Å². The molecule has 0 aromatic rings. The fourth-order valence-electron chi connectivity index (χ4n) is 1.92. The van der Waals surface area contributed by atoms with E-state index < -0.39 is 28.4 Å². The van der Waals surface area contributed by atoms with Crippen molar-refractivity contribution < 1.29 is 37.8 Å². The van der Waals surface area contributed by atoms with E-state index in [1.54, 1.807) is 20.8 Å². The van der Waals surface area contributed by atoms with Crippen LogP contribution in [-0.4, -0.2) is 67.0 Å². The van der Waals surface area contributed by atoms with E-state index in [4.69, 9.17) is 20.4 Å². The average Bonchev–Trinajstić information content (AvgIpc) is 2.62. The van der Waals surface area contributed by atoms with Gasteiger partial charge in [-0.2, -0.15) is 8.42 Å². The summed E-state index contributed by atoms with van der Waals surface area (Å²) in [6.45, 7) is 7.45. The fourth-order valence-corrected chi connectivity index (χ4v) is 2.59. The molecule has 0 saturated heterocycles. The van der Waals surface area contributed by atoms with Gasteiger partial charge in [-0.3, -0.25) is 4.79 Å². The zero-order chi connectivity index (χ0) is 23.4. The number of unbranched alkanes of at least 4 members (excludes halogenated alkanes) is 8. The highest BCUT2D eigenvalue weighted by Gasteiger charge is 2.15. The topological polar surface area (TPSA) is 178 Å². The van der Waals surface area contributed by atoms with E-state index in [1.807, 2.05) is 0 Å². The van der Waals surface area contributed by atoms with Crippen LogP contribution in [0.1, 0.15) is 91.9 Å². The van der Waals surface area contributed by atoms with E-state index in [0.717, 1.165) is 12.8 Å². The molecule has 0 aromatic heterocycles. The van der Waals surface area contributed by atoms with Gasteiger partial charge in [-0.15, -0.1) is 0 Å². The molecule has 0 atom stereocenters. The van der Waals surface area contributed by atoms with Crippen molar-refractivity contribution in [3.63, 3.8) is 0 Å². The highest BCUT2D eigenvalue weighted by atomic mass is 32.2. The molecule has 0 aliphatic rings. The molecule has 188 valence electrons. The van der Waals surface area contributed by atoms with Crippen LogP contribution in [0.15, 0.2) is 0 Å². The maximum absolute atomic E-state index is 11.3. The summed E-state index contributed by atoms with van der Waals surface area (Å²) in [6, 6.07) is 0. The zero-order valence-corrected chi connectivity index (χ0v) is 20.8. The molecule has 8 N–H and O–H groups in total. The Kier molecular flexibility index (Phi) is 47.1. The van der Waals surface area contributed by atoms with E-state index in [0.29, 0.717) is 6.42 Å². The molecule has 0 spiro atoms. The molecule has 0 aliphatic heterocycles. The molecule has 0 aliphatic carbocycles. The van der Waals surface area contributed by atoms with Crippen molar-refractivity contribution in [3.05, 3.63) is 0 Å². The Bertz CT molecular complexity index is 388. The molecule has 0 fully saturated rings. The second-order valence-electron chi connectivity index (χ2n) is 5.97. The maximum Gasteiger partial charge on any atom is 0.322 e. The van der Waals surface area contributed by atoms with E-state index in [-0.39, 0.29) is 32.4 Å². The summed E-state index contributed by atoms with van der Waals surface area (Å²) in [5.74, 6) is -1.25. The third-order valence-corrected chi connectivity index (χ3v) is 4.17. The van der Waals surface area contributed by atoms with Gasteiger partial charge in [0.05, 0.1) is 6.61 Å². The van der Waals surface area contributed by atoms with Crippen LogP contribution in [0, 0.1) is 0 Å². The first-order valence-electron chi connectivity index (χ1n) is 10.6. The van der Waals surface area contributed by atoms with Gasteiger partial charge in [0.1, 0.15) is 5.75 Å². The van der Waals surface area contributed by atoms with E-state index in [9.17, 15) is 13.2 Å². The summed E-state index contributed by atoms with van der Waals surface area (Å²) in [5, 5.41) is 31.2. The number of aliphatic hydroxyl groups is 4. The summed E-state index contributed by atoms with van der Waals surface area (Å²) < 4.78 is 26.5. The second kappa shape index (κ2) is 35.6. The number of rotatable bonds is 13. The minimum absolute atomic E-state index is 0. The van der Waals surface area contributed by atoms with Crippen molar-refractivity contribution >= 4 is 16.1 Å². The number of hydrogen-bond acceptors (Lipinski definition) is 8. The standard InChI is InChI=1S/C14H28O5S.3C2H6O.H3N/c1-2-3-4-5-6-7-8-9-10-11-14(16)19-20(17,18)13-12-15;3*1-2-3;/h15H,2-13H2,1H3;3*3H,2H2,1H3;1H3/p+1. The first-order valence-corrected chi connectivity index (χ1v) is 12.2. The summed E-state index contributed by atoms with van der Waals surface area (Å²) in [4.78, 5) is 11.3. The Hall–Kier alpha value is -0.780. The average molecular weight is 465 g/mol. The third kappa shape index (κ3) is 50.7. The van der Waals surface area contributed by atoms with Crippen molar-refractivity contribution in [2.75, 3.05) is 32.2 Å². The number of carbonyl (C=O) groups is 1. The molecular weight excluding hydrogens is 414 g/mol. The van der Waals surface area contributed by atoms with E-state index >= 15 is 0 Å². The van der Waals surface area contributed by atoms with Gasteiger partial charge in [0.15, 0.2) is 0 Å². The smallest absolute Gasteiger partial charge is 0.322 e. The van der Waals surface area contributed by atoms with E-state index in [1.165, 1.54) is 38.5 Å². The maximum atomic E-state index is 11.3. The SMILES string of the molecule is CCCCCCCCCCCC(=O)OS(=O)(=O)CCO.CCO.CCO.CCO.[NH4+]. The highest BCUT2D eigenvalue weighted by molar-refractivity contribution is 7.87. The first kappa shape index (κ1) is 39.7. The van der Waals surface area contributed by atoms with Gasteiger partial charge < -0.3 is 30.8 Å². The van der Waals surface area contributed by atoms with E-state index in [2.05, 4.69) is 11.1 Å². The van der Waals surface area contributed by atoms with Gasteiger partial charge in [0, 0.05) is 26.2 Å². The lowest BCUT2D eigenvalue weighted by Gasteiger charge is -2.04.